The van der Waals surface area contributed by atoms with Crippen LogP contribution >= 0.6 is 0 Å². The van der Waals surface area contributed by atoms with Crippen molar-refractivity contribution in [3.8, 4) is 0 Å². The fraction of sp³-hybridized carbons (Fsp3) is 0.568. The molecule has 3 unspecified atom stereocenters. The number of benzene rings is 2. The highest BCUT2D eigenvalue weighted by Gasteiger charge is 2.44. The van der Waals surface area contributed by atoms with E-state index in [1.165, 1.54) is 12.8 Å². The van der Waals surface area contributed by atoms with E-state index in [0.29, 0.717) is 42.3 Å². The lowest BCUT2D eigenvalue weighted by atomic mass is 9.86. The molecule has 2 aromatic rings. The zero-order valence-corrected chi connectivity index (χ0v) is 29.5. The lowest BCUT2D eigenvalue weighted by molar-refractivity contribution is -0.112. The topological polar surface area (TPSA) is 115 Å². The number of anilines is 2. The van der Waals surface area contributed by atoms with Gasteiger partial charge in [-0.25, -0.2) is 0 Å². The Labute approximate surface area is 287 Å². The van der Waals surface area contributed by atoms with Gasteiger partial charge in [0.25, 0.3) is 0 Å². The van der Waals surface area contributed by atoms with E-state index in [0.717, 1.165) is 94.4 Å². The maximum atomic E-state index is 11.7. The van der Waals surface area contributed by atoms with Crippen LogP contribution in [0.15, 0.2) is 42.5 Å². The summed E-state index contributed by atoms with van der Waals surface area (Å²) in [6, 6.07) is 14.6. The third kappa shape index (κ3) is 11.5. The number of hydrogen-bond donors (Lipinski definition) is 2. The molecule has 4 saturated heterocycles. The molecule has 48 heavy (non-hydrogen) atoms. The van der Waals surface area contributed by atoms with Gasteiger partial charge in [-0.3, -0.25) is 19.3 Å². The van der Waals surface area contributed by atoms with E-state index in [9.17, 15) is 14.4 Å². The van der Waals surface area contributed by atoms with Crippen LogP contribution in [0.1, 0.15) is 65.3 Å². The predicted molar refractivity (Wildman–Crippen MR) is 192 cm³/mol. The van der Waals surface area contributed by atoms with Crippen molar-refractivity contribution in [2.24, 2.45) is 0 Å². The summed E-state index contributed by atoms with van der Waals surface area (Å²) < 4.78 is 5.71. The summed E-state index contributed by atoms with van der Waals surface area (Å²) >= 11 is 0. The highest BCUT2D eigenvalue weighted by molar-refractivity contribution is 5.79. The lowest BCUT2D eigenvalue weighted by Crippen LogP contribution is -2.69. The molecule has 0 radical (unpaired) electrons. The first-order valence-electron chi connectivity index (χ1n) is 17.2. The summed E-state index contributed by atoms with van der Waals surface area (Å²) in [4.78, 5) is 52.2. The average Bonchev–Trinajstić information content (AvgIpc) is 3.11. The standard InChI is InChI=1S/C26H31N3O3.C9H20N2O.C2H5NO/c1-3-4-24(18-32)27(2)13-21-11-23(10-7-20(21)17-31)29-25-12-26(29)15-28(14-25)22-8-5-19(16-30)6-9-22;1-11(2)7-8-12-9-3-5-10-6-4-9;1-3-2-4/h5-11,16-18,24-26H,3-4,12-15H2,1-2H3;9-10H,3-8H2,1-2H3;2H,1H3,(H,3,4). The van der Waals surface area contributed by atoms with Crippen LogP contribution in [0, 0.1) is 0 Å². The number of fused-ring (bicyclic) bond motifs is 2. The smallest absolute Gasteiger partial charge is 0.206 e. The molecule has 0 aromatic heterocycles. The monoisotopic (exact) mass is 664 g/mol. The zero-order chi connectivity index (χ0) is 34.9. The summed E-state index contributed by atoms with van der Waals surface area (Å²) in [6.07, 6.45) is 9.19. The highest BCUT2D eigenvalue weighted by atomic mass is 16.5. The fourth-order valence-corrected chi connectivity index (χ4v) is 6.45. The molecule has 2 N–H and O–H groups in total. The van der Waals surface area contributed by atoms with Crippen LogP contribution < -0.4 is 20.4 Å². The number of piperidine rings is 2. The summed E-state index contributed by atoms with van der Waals surface area (Å²) in [6.45, 7) is 8.66. The number of hydrogen-bond acceptors (Lipinski definition) is 10. The summed E-state index contributed by atoms with van der Waals surface area (Å²) in [5.74, 6) is 0. The Morgan fingerprint density at radius 3 is 2.15 bits per heavy atom. The van der Waals surface area contributed by atoms with Crippen molar-refractivity contribution in [1.82, 2.24) is 20.4 Å². The van der Waals surface area contributed by atoms with Crippen LogP contribution in [-0.4, -0.2) is 127 Å². The minimum atomic E-state index is -0.134. The molecule has 0 saturated carbocycles. The summed E-state index contributed by atoms with van der Waals surface area (Å²) in [5, 5.41) is 5.57. The number of carbonyl (C=O) groups excluding carboxylic acids is 4. The van der Waals surface area contributed by atoms with Gasteiger partial charge in [0.05, 0.1) is 18.8 Å². The zero-order valence-electron chi connectivity index (χ0n) is 29.5. The van der Waals surface area contributed by atoms with Crippen LogP contribution in [-0.2, 0) is 20.9 Å². The number of amides is 1. The number of rotatable bonds is 15. The Kier molecular flexibility index (Phi) is 16.7. The van der Waals surface area contributed by atoms with Gasteiger partial charge in [0.15, 0.2) is 0 Å². The molecule has 6 rings (SSSR count). The van der Waals surface area contributed by atoms with Crippen molar-refractivity contribution in [3.63, 3.8) is 0 Å². The molecule has 264 valence electrons. The quantitative estimate of drug-likeness (QED) is 0.275. The van der Waals surface area contributed by atoms with E-state index in [4.69, 9.17) is 9.53 Å². The fourth-order valence-electron chi connectivity index (χ4n) is 6.45. The minimum absolute atomic E-state index is 0.134. The normalized spacial score (nSPS) is 19.2. The second kappa shape index (κ2) is 20.7. The predicted octanol–water partition coefficient (Wildman–Crippen LogP) is 3.26. The summed E-state index contributed by atoms with van der Waals surface area (Å²) in [7, 11) is 7.66. The van der Waals surface area contributed by atoms with Crippen molar-refractivity contribution in [2.45, 2.75) is 69.8 Å². The van der Waals surface area contributed by atoms with E-state index in [1.54, 1.807) is 7.05 Å². The molecule has 2 aromatic carbocycles. The number of aldehydes is 3. The van der Waals surface area contributed by atoms with E-state index in [1.807, 2.05) is 48.3 Å². The van der Waals surface area contributed by atoms with Gasteiger partial charge in [-0.1, -0.05) is 13.3 Å². The van der Waals surface area contributed by atoms with Crippen LogP contribution in [0.2, 0.25) is 0 Å². The van der Waals surface area contributed by atoms with Gasteiger partial charge >= 0.3 is 0 Å². The van der Waals surface area contributed by atoms with E-state index in [2.05, 4.69) is 52.4 Å². The molecule has 0 spiro atoms. The number of likely N-dealkylation sites (N-methyl/N-ethyl adjacent to an activating group) is 2. The molecule has 4 fully saturated rings. The lowest BCUT2D eigenvalue weighted by Gasteiger charge is -2.58. The largest absolute Gasteiger partial charge is 0.377 e. The Bertz CT molecular complexity index is 1260. The van der Waals surface area contributed by atoms with Crippen molar-refractivity contribution < 1.29 is 23.9 Å². The number of nitrogens with zero attached hydrogens (tertiary/aromatic N) is 4. The third-order valence-electron chi connectivity index (χ3n) is 9.16. The molecular weight excluding hydrogens is 608 g/mol. The van der Waals surface area contributed by atoms with Gasteiger partial charge in [0.1, 0.15) is 18.9 Å². The first-order valence-corrected chi connectivity index (χ1v) is 17.2. The van der Waals surface area contributed by atoms with Crippen LogP contribution in [0.4, 0.5) is 11.4 Å². The second-order valence-electron chi connectivity index (χ2n) is 13.0. The molecule has 11 heteroatoms. The van der Waals surface area contributed by atoms with Crippen molar-refractivity contribution >= 4 is 36.6 Å². The maximum Gasteiger partial charge on any atom is 0.206 e. The molecule has 4 aliphatic rings. The third-order valence-corrected chi connectivity index (χ3v) is 9.16. The SMILES string of the molecule is CCCC(C=O)N(C)Cc1cc(N2C3CC2CN(c2ccc(C=O)cc2)C3)ccc1C=O.CN(C)CCOC1CCNCC1.CNC=O. The molecule has 4 aliphatic heterocycles. The molecule has 11 nitrogen and oxygen atoms in total. The Morgan fingerprint density at radius 2 is 1.60 bits per heavy atom. The molecule has 2 bridgehead atoms. The average molecular weight is 665 g/mol. The first-order chi connectivity index (χ1) is 23.3. The van der Waals surface area contributed by atoms with Crippen molar-refractivity contribution in [3.05, 3.63) is 59.2 Å². The molecule has 1 amide bonds. The van der Waals surface area contributed by atoms with E-state index in [-0.39, 0.29) is 6.04 Å². The minimum Gasteiger partial charge on any atom is -0.377 e. The number of ether oxygens (including phenoxy) is 1. The van der Waals surface area contributed by atoms with Gasteiger partial charge in [-0.2, -0.15) is 0 Å². The van der Waals surface area contributed by atoms with Crippen molar-refractivity contribution in [1.29, 1.82) is 0 Å². The van der Waals surface area contributed by atoms with Gasteiger partial charge < -0.3 is 34.9 Å². The van der Waals surface area contributed by atoms with Gasteiger partial charge in [-0.15, -0.1) is 0 Å². The highest BCUT2D eigenvalue weighted by Crippen LogP contribution is 2.39. The van der Waals surface area contributed by atoms with Crippen LogP contribution in [0.3, 0.4) is 0 Å². The Hall–Kier alpha value is -3.64. The Morgan fingerprint density at radius 1 is 0.958 bits per heavy atom. The molecule has 3 atom stereocenters. The number of piperazine rings is 1. The second-order valence-corrected chi connectivity index (χ2v) is 13.0. The molecule has 0 aliphatic carbocycles. The number of carbonyl (C=O) groups is 4. The van der Waals surface area contributed by atoms with Gasteiger partial charge in [0.2, 0.25) is 6.41 Å². The molecular formula is C37H56N6O5. The van der Waals surface area contributed by atoms with Crippen LogP contribution in [0.25, 0.3) is 0 Å². The molecule has 4 heterocycles. The van der Waals surface area contributed by atoms with E-state index >= 15 is 0 Å². The van der Waals surface area contributed by atoms with Crippen molar-refractivity contribution in [2.75, 3.05) is 77.3 Å². The summed E-state index contributed by atoms with van der Waals surface area (Å²) in [5.41, 5.74) is 4.65. The van der Waals surface area contributed by atoms with E-state index < -0.39 is 0 Å². The van der Waals surface area contributed by atoms with Crippen LogP contribution in [0.5, 0.6) is 0 Å². The van der Waals surface area contributed by atoms with Gasteiger partial charge in [0, 0.05) is 67.8 Å². The number of nitrogens with one attached hydrogen (secondary N) is 2. The maximum absolute atomic E-state index is 11.7. The van der Waals surface area contributed by atoms with Gasteiger partial charge in [-0.05, 0) is 108 Å². The Balaban J connectivity index is 0.000000324. The first kappa shape index (κ1) is 38.8.